The topological polar surface area (TPSA) is 12.0 Å². The van der Waals surface area contributed by atoms with Crippen LogP contribution in [0.5, 0.6) is 0 Å². The lowest BCUT2D eigenvalue weighted by molar-refractivity contribution is 0.905. The number of benzene rings is 1. The fourth-order valence-electron chi connectivity index (χ4n) is 1.50. The Morgan fingerprint density at radius 3 is 2.60 bits per heavy atom. The highest BCUT2D eigenvalue weighted by atomic mass is 14.9. The predicted molar refractivity (Wildman–Crippen MR) is 67.0 cm³/mol. The van der Waals surface area contributed by atoms with Crippen molar-refractivity contribution in [2.45, 2.75) is 32.6 Å². The first-order valence-corrected chi connectivity index (χ1v) is 5.63. The maximum absolute atomic E-state index is 5.18. The van der Waals surface area contributed by atoms with Crippen molar-refractivity contribution in [1.29, 1.82) is 0 Å². The molecule has 0 aromatic heterocycles. The molecule has 0 fully saturated rings. The van der Waals surface area contributed by atoms with E-state index >= 15 is 0 Å². The molecule has 0 spiro atoms. The SMILES string of the molecule is C#CCCCNc1ccc(CCC)cc1. The van der Waals surface area contributed by atoms with Crippen molar-refractivity contribution in [3.05, 3.63) is 29.8 Å². The van der Waals surface area contributed by atoms with Crippen molar-refractivity contribution < 1.29 is 0 Å². The third-order valence-corrected chi connectivity index (χ3v) is 2.32. The largest absolute Gasteiger partial charge is 0.385 e. The third-order valence-electron chi connectivity index (χ3n) is 2.32. The lowest BCUT2D eigenvalue weighted by Gasteiger charge is -2.06. The normalized spacial score (nSPS) is 9.60. The zero-order valence-corrected chi connectivity index (χ0v) is 9.42. The molecule has 0 unspecified atom stereocenters. The average molecular weight is 201 g/mol. The second kappa shape index (κ2) is 6.95. The zero-order valence-electron chi connectivity index (χ0n) is 9.42. The summed E-state index contributed by atoms with van der Waals surface area (Å²) in [7, 11) is 0. The molecule has 1 nitrogen and oxygen atoms in total. The van der Waals surface area contributed by atoms with Gasteiger partial charge in [-0.1, -0.05) is 25.5 Å². The fraction of sp³-hybridized carbons (Fsp3) is 0.429. The number of rotatable bonds is 6. The minimum Gasteiger partial charge on any atom is -0.385 e. The van der Waals surface area contributed by atoms with Crippen LogP contribution in [0.15, 0.2) is 24.3 Å². The Balaban J connectivity index is 2.33. The summed E-state index contributed by atoms with van der Waals surface area (Å²) in [5.74, 6) is 2.64. The van der Waals surface area contributed by atoms with E-state index in [1.807, 2.05) is 0 Å². The molecule has 1 N–H and O–H groups in total. The number of unbranched alkanes of at least 4 members (excludes halogenated alkanes) is 1. The van der Waals surface area contributed by atoms with E-state index in [1.54, 1.807) is 0 Å². The van der Waals surface area contributed by atoms with Crippen LogP contribution in [0, 0.1) is 12.3 Å². The van der Waals surface area contributed by atoms with Crippen LogP contribution in [-0.4, -0.2) is 6.54 Å². The summed E-state index contributed by atoms with van der Waals surface area (Å²) in [5.41, 5.74) is 2.60. The lowest BCUT2D eigenvalue weighted by atomic mass is 10.1. The molecule has 1 rings (SSSR count). The van der Waals surface area contributed by atoms with E-state index in [9.17, 15) is 0 Å². The number of aryl methyl sites for hydroxylation is 1. The maximum atomic E-state index is 5.18. The third kappa shape index (κ3) is 4.56. The van der Waals surface area contributed by atoms with Gasteiger partial charge in [-0.3, -0.25) is 0 Å². The van der Waals surface area contributed by atoms with Crippen LogP contribution in [0.4, 0.5) is 5.69 Å². The molecule has 0 aliphatic rings. The van der Waals surface area contributed by atoms with Gasteiger partial charge in [-0.25, -0.2) is 0 Å². The number of hydrogen-bond donors (Lipinski definition) is 1. The smallest absolute Gasteiger partial charge is 0.0340 e. The van der Waals surface area contributed by atoms with E-state index in [0.717, 1.165) is 25.8 Å². The first-order chi connectivity index (χ1) is 7.36. The van der Waals surface area contributed by atoms with Crippen LogP contribution < -0.4 is 5.32 Å². The molecule has 1 aromatic rings. The standard InChI is InChI=1S/C14H19N/c1-3-5-6-12-15-14-10-8-13(7-4-2)9-11-14/h1,8-11,15H,4-7,12H2,2H3. The van der Waals surface area contributed by atoms with Crippen molar-refractivity contribution in [2.75, 3.05) is 11.9 Å². The summed E-state index contributed by atoms with van der Waals surface area (Å²) in [6, 6.07) is 8.65. The van der Waals surface area contributed by atoms with E-state index < -0.39 is 0 Å². The molecule has 0 saturated carbocycles. The Morgan fingerprint density at radius 2 is 2.00 bits per heavy atom. The van der Waals surface area contributed by atoms with Gasteiger partial charge in [0.2, 0.25) is 0 Å². The first-order valence-electron chi connectivity index (χ1n) is 5.63. The Bertz CT molecular complexity index is 305. The van der Waals surface area contributed by atoms with E-state index in [1.165, 1.54) is 17.7 Å². The van der Waals surface area contributed by atoms with Gasteiger partial charge in [0.1, 0.15) is 0 Å². The highest BCUT2D eigenvalue weighted by Gasteiger charge is 1.93. The summed E-state index contributed by atoms with van der Waals surface area (Å²) in [5, 5.41) is 3.35. The minimum atomic E-state index is 0.848. The molecule has 0 bridgehead atoms. The van der Waals surface area contributed by atoms with Crippen LogP contribution in [0.1, 0.15) is 31.7 Å². The van der Waals surface area contributed by atoms with Gasteiger partial charge in [-0.05, 0) is 30.5 Å². The van der Waals surface area contributed by atoms with Crippen molar-refractivity contribution >= 4 is 5.69 Å². The summed E-state index contributed by atoms with van der Waals surface area (Å²) in [6.07, 6.45) is 9.43. The molecule has 1 aromatic carbocycles. The lowest BCUT2D eigenvalue weighted by Crippen LogP contribution is -2.00. The number of hydrogen-bond acceptors (Lipinski definition) is 1. The van der Waals surface area contributed by atoms with Crippen molar-refractivity contribution in [3.63, 3.8) is 0 Å². The predicted octanol–water partition coefficient (Wildman–Crippen LogP) is 3.46. The van der Waals surface area contributed by atoms with Crippen LogP contribution in [0.2, 0.25) is 0 Å². The first kappa shape index (κ1) is 11.7. The van der Waals surface area contributed by atoms with Gasteiger partial charge in [0, 0.05) is 18.7 Å². The van der Waals surface area contributed by atoms with Gasteiger partial charge in [-0.2, -0.15) is 0 Å². The molecule has 0 atom stereocenters. The van der Waals surface area contributed by atoms with E-state index in [0.29, 0.717) is 0 Å². The highest BCUT2D eigenvalue weighted by Crippen LogP contribution is 2.10. The summed E-state index contributed by atoms with van der Waals surface area (Å²) >= 11 is 0. The summed E-state index contributed by atoms with van der Waals surface area (Å²) in [6.45, 7) is 3.16. The molecule has 0 aliphatic heterocycles. The molecule has 0 amide bonds. The Labute approximate surface area is 92.9 Å². The van der Waals surface area contributed by atoms with Gasteiger partial charge < -0.3 is 5.32 Å². The van der Waals surface area contributed by atoms with Gasteiger partial charge in [0.15, 0.2) is 0 Å². The Morgan fingerprint density at radius 1 is 1.27 bits per heavy atom. The van der Waals surface area contributed by atoms with Crippen molar-refractivity contribution in [1.82, 2.24) is 0 Å². The summed E-state index contributed by atoms with van der Waals surface area (Å²) in [4.78, 5) is 0. The van der Waals surface area contributed by atoms with Crippen LogP contribution in [-0.2, 0) is 6.42 Å². The van der Waals surface area contributed by atoms with Gasteiger partial charge in [0.25, 0.3) is 0 Å². The molecule has 0 heterocycles. The van der Waals surface area contributed by atoms with Crippen LogP contribution in [0.3, 0.4) is 0 Å². The molecule has 15 heavy (non-hydrogen) atoms. The Hall–Kier alpha value is -1.42. The molecule has 0 saturated heterocycles. The Kier molecular flexibility index (Phi) is 5.40. The zero-order chi connectivity index (χ0) is 10.9. The number of anilines is 1. The molecular weight excluding hydrogens is 182 g/mol. The molecular formula is C14H19N. The highest BCUT2D eigenvalue weighted by molar-refractivity contribution is 5.44. The van der Waals surface area contributed by atoms with Crippen LogP contribution in [0.25, 0.3) is 0 Å². The molecule has 0 radical (unpaired) electrons. The molecule has 80 valence electrons. The maximum Gasteiger partial charge on any atom is 0.0340 e. The monoisotopic (exact) mass is 201 g/mol. The van der Waals surface area contributed by atoms with E-state index in [2.05, 4.69) is 42.4 Å². The van der Waals surface area contributed by atoms with Gasteiger partial charge in [-0.15, -0.1) is 12.3 Å². The second-order valence-electron chi connectivity index (χ2n) is 3.68. The minimum absolute atomic E-state index is 0.848. The van der Waals surface area contributed by atoms with E-state index in [-0.39, 0.29) is 0 Å². The fourth-order valence-corrected chi connectivity index (χ4v) is 1.50. The number of nitrogens with one attached hydrogen (secondary N) is 1. The van der Waals surface area contributed by atoms with Crippen LogP contribution >= 0.6 is 0 Å². The second-order valence-corrected chi connectivity index (χ2v) is 3.68. The van der Waals surface area contributed by atoms with Gasteiger partial charge in [0.05, 0.1) is 0 Å². The quantitative estimate of drug-likeness (QED) is 0.549. The summed E-state index contributed by atoms with van der Waals surface area (Å²) < 4.78 is 0. The molecule has 1 heteroatoms. The van der Waals surface area contributed by atoms with Crippen molar-refractivity contribution in [3.8, 4) is 12.3 Å². The van der Waals surface area contributed by atoms with Gasteiger partial charge >= 0.3 is 0 Å². The molecule has 0 aliphatic carbocycles. The average Bonchev–Trinajstić information content (AvgIpc) is 2.27. The number of terminal acetylenes is 1. The van der Waals surface area contributed by atoms with Crippen molar-refractivity contribution in [2.24, 2.45) is 0 Å². The van der Waals surface area contributed by atoms with E-state index in [4.69, 9.17) is 6.42 Å².